The Labute approximate surface area is 115 Å². The van der Waals surface area contributed by atoms with E-state index in [0.717, 1.165) is 35.0 Å². The number of aromatic nitrogens is 1. The fourth-order valence-electron chi connectivity index (χ4n) is 2.58. The van der Waals surface area contributed by atoms with Gasteiger partial charge in [-0.1, -0.05) is 23.5 Å². The quantitative estimate of drug-likeness (QED) is 0.886. The summed E-state index contributed by atoms with van der Waals surface area (Å²) in [6.07, 6.45) is 1.89. The van der Waals surface area contributed by atoms with Crippen LogP contribution in [-0.2, 0) is 4.79 Å². The van der Waals surface area contributed by atoms with Gasteiger partial charge in [0, 0.05) is 0 Å². The van der Waals surface area contributed by atoms with Crippen LogP contribution < -0.4 is 5.32 Å². The van der Waals surface area contributed by atoms with Crippen molar-refractivity contribution in [3.8, 4) is 0 Å². The van der Waals surface area contributed by atoms with Gasteiger partial charge in [-0.15, -0.1) is 0 Å². The van der Waals surface area contributed by atoms with Crippen LogP contribution in [0.2, 0.25) is 0 Å². The summed E-state index contributed by atoms with van der Waals surface area (Å²) in [5.74, 6) is -0.394. The molecule has 2 unspecified atom stereocenters. The summed E-state index contributed by atoms with van der Waals surface area (Å²) in [7, 11) is 0. The highest BCUT2D eigenvalue weighted by atomic mass is 32.1. The van der Waals surface area contributed by atoms with Gasteiger partial charge < -0.3 is 10.4 Å². The van der Waals surface area contributed by atoms with Gasteiger partial charge in [-0.25, -0.2) is 4.98 Å². The number of aliphatic hydroxyl groups is 1. The average molecular weight is 276 g/mol. The van der Waals surface area contributed by atoms with Crippen LogP contribution in [0.25, 0.3) is 10.2 Å². The summed E-state index contributed by atoms with van der Waals surface area (Å²) in [5, 5.41) is 13.2. The molecule has 0 saturated heterocycles. The van der Waals surface area contributed by atoms with Crippen molar-refractivity contribution in [2.45, 2.75) is 32.3 Å². The number of fused-ring (bicyclic) bond motifs is 1. The smallest absolute Gasteiger partial charge is 0.231 e. The summed E-state index contributed by atoms with van der Waals surface area (Å²) < 4.78 is 1.07. The fourth-order valence-corrected chi connectivity index (χ4v) is 3.53. The molecule has 1 aromatic carbocycles. The fraction of sp³-hybridized carbons (Fsp3) is 0.429. The Morgan fingerprint density at radius 2 is 2.32 bits per heavy atom. The number of benzene rings is 1. The molecule has 1 saturated carbocycles. The van der Waals surface area contributed by atoms with Crippen molar-refractivity contribution >= 4 is 32.6 Å². The largest absolute Gasteiger partial charge is 0.392 e. The molecular formula is C14H16N2O2S. The van der Waals surface area contributed by atoms with Crippen LogP contribution in [0.5, 0.6) is 0 Å². The van der Waals surface area contributed by atoms with Gasteiger partial charge in [-0.2, -0.15) is 0 Å². The van der Waals surface area contributed by atoms with Gasteiger partial charge in [-0.05, 0) is 37.8 Å². The van der Waals surface area contributed by atoms with Gasteiger partial charge >= 0.3 is 0 Å². The molecule has 0 spiro atoms. The maximum absolute atomic E-state index is 12.1. The maximum Gasteiger partial charge on any atom is 0.231 e. The molecule has 0 aliphatic heterocycles. The highest BCUT2D eigenvalue weighted by Crippen LogP contribution is 2.30. The molecule has 1 aliphatic rings. The molecule has 0 radical (unpaired) electrons. The van der Waals surface area contributed by atoms with Gasteiger partial charge in [-0.3, -0.25) is 4.79 Å². The Morgan fingerprint density at radius 1 is 1.47 bits per heavy atom. The Hall–Kier alpha value is -1.46. The Kier molecular flexibility index (Phi) is 3.24. The van der Waals surface area contributed by atoms with Crippen LogP contribution in [0.4, 0.5) is 5.13 Å². The Bertz CT molecular complexity index is 623. The number of thiazole rings is 1. The van der Waals surface area contributed by atoms with Crippen molar-refractivity contribution in [3.63, 3.8) is 0 Å². The molecule has 5 heteroatoms. The number of aryl methyl sites for hydroxylation is 1. The molecule has 1 amide bonds. The Balaban J connectivity index is 1.81. The number of hydrogen-bond donors (Lipinski definition) is 2. The molecule has 2 N–H and O–H groups in total. The second kappa shape index (κ2) is 4.90. The number of rotatable bonds is 2. The minimum absolute atomic E-state index is 0.110. The van der Waals surface area contributed by atoms with E-state index in [1.807, 2.05) is 25.1 Å². The molecule has 19 heavy (non-hydrogen) atoms. The zero-order chi connectivity index (χ0) is 13.4. The lowest BCUT2D eigenvalue weighted by Gasteiger charge is -2.12. The number of carbonyl (C=O) groups is 1. The van der Waals surface area contributed by atoms with Crippen molar-refractivity contribution in [1.29, 1.82) is 0 Å². The highest BCUT2D eigenvalue weighted by Gasteiger charge is 2.31. The predicted molar refractivity (Wildman–Crippen MR) is 76.3 cm³/mol. The van der Waals surface area contributed by atoms with Gasteiger partial charge in [0.1, 0.15) is 0 Å². The predicted octanol–water partition coefficient (Wildman–Crippen LogP) is 2.70. The molecular weight excluding hydrogens is 260 g/mol. The third kappa shape index (κ3) is 2.35. The molecule has 1 aromatic heterocycles. The van der Waals surface area contributed by atoms with E-state index in [0.29, 0.717) is 5.13 Å². The third-order valence-corrected chi connectivity index (χ3v) is 4.60. The monoisotopic (exact) mass is 276 g/mol. The standard InChI is InChI=1S/C14H16N2O2S/c1-8-4-2-7-11-12(8)15-14(19-11)16-13(18)9-5-3-6-10(9)17/h2,4,7,9-10,17H,3,5-6H2,1H3,(H,15,16,18). The van der Waals surface area contributed by atoms with Crippen LogP contribution in [0, 0.1) is 12.8 Å². The first-order valence-electron chi connectivity index (χ1n) is 6.50. The van der Waals surface area contributed by atoms with Crippen molar-refractivity contribution in [3.05, 3.63) is 23.8 Å². The first-order valence-corrected chi connectivity index (χ1v) is 7.32. The van der Waals surface area contributed by atoms with Gasteiger partial charge in [0.15, 0.2) is 5.13 Å². The second-order valence-corrected chi connectivity index (χ2v) is 6.07. The average Bonchev–Trinajstić information content (AvgIpc) is 2.95. The third-order valence-electron chi connectivity index (χ3n) is 3.67. The van der Waals surface area contributed by atoms with Crippen LogP contribution >= 0.6 is 11.3 Å². The topological polar surface area (TPSA) is 62.2 Å². The van der Waals surface area contributed by atoms with E-state index in [9.17, 15) is 9.90 Å². The summed E-state index contributed by atoms with van der Waals surface area (Å²) in [6.45, 7) is 2.01. The highest BCUT2D eigenvalue weighted by molar-refractivity contribution is 7.22. The molecule has 1 heterocycles. The molecule has 3 rings (SSSR count). The van der Waals surface area contributed by atoms with Gasteiger partial charge in [0.25, 0.3) is 0 Å². The second-order valence-electron chi connectivity index (χ2n) is 5.03. The molecule has 0 bridgehead atoms. The van der Waals surface area contributed by atoms with E-state index in [1.165, 1.54) is 11.3 Å². The summed E-state index contributed by atoms with van der Waals surface area (Å²) in [4.78, 5) is 16.5. The molecule has 1 aliphatic carbocycles. The number of nitrogens with zero attached hydrogens (tertiary/aromatic N) is 1. The SMILES string of the molecule is Cc1cccc2sc(NC(=O)C3CCCC3O)nc12. The number of aliphatic hydroxyl groups excluding tert-OH is 1. The van der Waals surface area contributed by atoms with Crippen molar-refractivity contribution in [2.24, 2.45) is 5.92 Å². The molecule has 2 atom stereocenters. The van der Waals surface area contributed by atoms with Crippen LogP contribution in [-0.4, -0.2) is 22.1 Å². The van der Waals surface area contributed by atoms with Crippen molar-refractivity contribution < 1.29 is 9.90 Å². The molecule has 1 fully saturated rings. The van der Waals surface area contributed by atoms with E-state index < -0.39 is 6.10 Å². The minimum Gasteiger partial charge on any atom is -0.392 e. The first-order chi connectivity index (χ1) is 9.15. The molecule has 100 valence electrons. The van der Waals surface area contributed by atoms with Gasteiger partial charge in [0.05, 0.1) is 22.2 Å². The number of amides is 1. The zero-order valence-corrected chi connectivity index (χ0v) is 11.5. The summed E-state index contributed by atoms with van der Waals surface area (Å²) in [5.41, 5.74) is 2.05. The summed E-state index contributed by atoms with van der Waals surface area (Å²) >= 11 is 1.48. The zero-order valence-electron chi connectivity index (χ0n) is 10.7. The van der Waals surface area contributed by atoms with Crippen LogP contribution in [0.15, 0.2) is 18.2 Å². The number of para-hydroxylation sites is 1. The maximum atomic E-state index is 12.1. The van der Waals surface area contributed by atoms with E-state index in [-0.39, 0.29) is 11.8 Å². The number of hydrogen-bond acceptors (Lipinski definition) is 4. The number of carbonyl (C=O) groups excluding carboxylic acids is 1. The van der Waals surface area contributed by atoms with E-state index in [1.54, 1.807) is 0 Å². The lowest BCUT2D eigenvalue weighted by molar-refractivity contribution is -0.122. The number of anilines is 1. The van der Waals surface area contributed by atoms with E-state index in [2.05, 4.69) is 10.3 Å². The first kappa shape index (κ1) is 12.6. The van der Waals surface area contributed by atoms with Crippen molar-refractivity contribution in [1.82, 2.24) is 4.98 Å². The van der Waals surface area contributed by atoms with E-state index >= 15 is 0 Å². The van der Waals surface area contributed by atoms with Gasteiger partial charge in [0.2, 0.25) is 5.91 Å². The lowest BCUT2D eigenvalue weighted by Crippen LogP contribution is -2.28. The molecule has 4 nitrogen and oxygen atoms in total. The Morgan fingerprint density at radius 3 is 3.00 bits per heavy atom. The summed E-state index contributed by atoms with van der Waals surface area (Å²) in [6, 6.07) is 6.00. The van der Waals surface area contributed by atoms with Crippen LogP contribution in [0.3, 0.4) is 0 Å². The number of nitrogens with one attached hydrogen (secondary N) is 1. The normalized spacial score (nSPS) is 22.8. The van der Waals surface area contributed by atoms with Crippen molar-refractivity contribution in [2.75, 3.05) is 5.32 Å². The lowest BCUT2D eigenvalue weighted by atomic mass is 10.1. The minimum atomic E-state index is -0.504. The van der Waals surface area contributed by atoms with Crippen LogP contribution in [0.1, 0.15) is 24.8 Å². The molecule has 2 aromatic rings. The van der Waals surface area contributed by atoms with E-state index in [4.69, 9.17) is 0 Å².